The van der Waals surface area contributed by atoms with Crippen molar-refractivity contribution in [2.45, 2.75) is 31.5 Å². The molecule has 1 aliphatic rings. The van der Waals surface area contributed by atoms with Crippen molar-refractivity contribution in [3.05, 3.63) is 22.4 Å². The summed E-state index contributed by atoms with van der Waals surface area (Å²) in [4.78, 5) is 4.07. The van der Waals surface area contributed by atoms with E-state index in [0.717, 1.165) is 0 Å². The van der Waals surface area contributed by atoms with Crippen LogP contribution in [0.15, 0.2) is 16.7 Å². The van der Waals surface area contributed by atoms with Crippen LogP contribution >= 0.6 is 15.9 Å². The molecule has 1 saturated heterocycles. The molecule has 0 N–H and O–H groups in total. The number of ether oxygens (including phenoxy) is 3. The first kappa shape index (κ1) is 15.7. The Kier molecular flexibility index (Phi) is 5.00. The molecule has 2 rings (SSSR count). The number of hydrogen-bond acceptors (Lipinski definition) is 6. The molecule has 0 radical (unpaired) electrons. The second-order valence-corrected chi connectivity index (χ2v) is 6.66. The Bertz CT molecular complexity index is 553. The maximum Gasteiger partial charge on any atom is 0.163 e. The topological polar surface area (TPSA) is 74.7 Å². The van der Waals surface area contributed by atoms with Crippen LogP contribution in [0, 0.1) is 0 Å². The lowest BCUT2D eigenvalue weighted by Crippen LogP contribution is -2.25. The van der Waals surface area contributed by atoms with Gasteiger partial charge >= 0.3 is 0 Å². The largest absolute Gasteiger partial charge is 0.491 e. The number of halogens is 1. The van der Waals surface area contributed by atoms with Gasteiger partial charge in [0.2, 0.25) is 0 Å². The van der Waals surface area contributed by atoms with E-state index in [-0.39, 0.29) is 11.9 Å². The Morgan fingerprint density at radius 1 is 1.50 bits per heavy atom. The zero-order valence-electron chi connectivity index (χ0n) is 11.2. The van der Waals surface area contributed by atoms with Gasteiger partial charge in [-0.3, -0.25) is 0 Å². The number of aromatic nitrogens is 1. The van der Waals surface area contributed by atoms with Crippen LogP contribution in [0.1, 0.15) is 19.5 Å². The van der Waals surface area contributed by atoms with Gasteiger partial charge in [0.25, 0.3) is 0 Å². The zero-order chi connectivity index (χ0) is 14.8. The third-order valence-electron chi connectivity index (χ3n) is 2.61. The van der Waals surface area contributed by atoms with Crippen LogP contribution in [0.4, 0.5) is 0 Å². The summed E-state index contributed by atoms with van der Waals surface area (Å²) in [6.07, 6.45) is -0.142. The molecule has 1 aromatic rings. The lowest BCUT2D eigenvalue weighted by atomic mass is 10.3. The first-order valence-electron chi connectivity index (χ1n) is 6.07. The molecule has 6 nitrogen and oxygen atoms in total. The minimum atomic E-state index is -2.52. The van der Waals surface area contributed by atoms with Crippen LogP contribution in [-0.4, -0.2) is 38.5 Å². The second kappa shape index (κ2) is 6.38. The highest BCUT2D eigenvalue weighted by atomic mass is 79.9. The number of rotatable bonds is 5. The van der Waals surface area contributed by atoms with Crippen molar-refractivity contribution in [3.8, 4) is 5.75 Å². The highest BCUT2D eigenvalue weighted by Gasteiger charge is 2.32. The first-order valence-corrected chi connectivity index (χ1v) is 8.22. The molecule has 1 unspecified atom stereocenters. The molecule has 1 aromatic heterocycles. The van der Waals surface area contributed by atoms with Gasteiger partial charge in [-0.15, -0.1) is 0 Å². The number of hydrogen-bond donors (Lipinski definition) is 1. The minimum absolute atomic E-state index is 0.110. The fraction of sp³-hybridized carbons (Fsp3) is 0.583. The molecular weight excluding hydrogens is 350 g/mol. The zero-order valence-corrected chi connectivity index (χ0v) is 13.6. The summed E-state index contributed by atoms with van der Waals surface area (Å²) in [7, 11) is -2.52. The van der Waals surface area contributed by atoms with Gasteiger partial charge in [-0.2, -0.15) is 0 Å². The summed E-state index contributed by atoms with van der Waals surface area (Å²) in [5, 5.41) is 0. The van der Waals surface area contributed by atoms with E-state index in [1.54, 1.807) is 12.1 Å². The van der Waals surface area contributed by atoms with Gasteiger partial charge in [0.05, 0.1) is 18.1 Å². The van der Waals surface area contributed by atoms with E-state index < -0.39 is 16.5 Å². The molecule has 0 aliphatic carbocycles. The minimum Gasteiger partial charge on any atom is -0.491 e. The first-order chi connectivity index (χ1) is 9.34. The van der Waals surface area contributed by atoms with E-state index in [0.29, 0.717) is 29.3 Å². The van der Waals surface area contributed by atoms with E-state index >= 15 is 0 Å². The third-order valence-corrected chi connectivity index (χ3v) is 3.60. The van der Waals surface area contributed by atoms with Crippen LogP contribution in [0.2, 0.25) is 0 Å². The molecule has 1 fully saturated rings. The second-order valence-electron chi connectivity index (χ2n) is 4.87. The van der Waals surface area contributed by atoms with Gasteiger partial charge in [0.1, 0.15) is 33.8 Å². The molecule has 1 aliphatic heterocycles. The van der Waals surface area contributed by atoms with E-state index in [1.807, 2.05) is 13.8 Å². The summed E-state index contributed by atoms with van der Waals surface area (Å²) in [5.41, 5.74) is 0.439. The molecule has 0 bridgehead atoms. The fourth-order valence-electron chi connectivity index (χ4n) is 1.86. The maximum atomic E-state index is 10.7. The Morgan fingerprint density at radius 2 is 2.25 bits per heavy atom. The van der Waals surface area contributed by atoms with Crippen molar-refractivity contribution in [3.63, 3.8) is 0 Å². The van der Waals surface area contributed by atoms with Crippen LogP contribution in [-0.2, 0) is 25.9 Å². The average molecular weight is 366 g/mol. The van der Waals surface area contributed by atoms with Gasteiger partial charge in [-0.1, -0.05) is 0 Å². The standard InChI is InChI=1S/C12H16BrNO5S/c1-12(2)18-6-10(19-12)5-17-9-3-8(7-20(15)16)14-11(13)4-9/h3-4,10,20H,5-7H2,1-2H3. The molecule has 0 amide bonds. The third kappa shape index (κ3) is 4.69. The Balaban J connectivity index is 1.97. The van der Waals surface area contributed by atoms with Crippen molar-refractivity contribution in [1.82, 2.24) is 4.98 Å². The van der Waals surface area contributed by atoms with Gasteiger partial charge in [-0.25, -0.2) is 13.4 Å². The van der Waals surface area contributed by atoms with E-state index in [4.69, 9.17) is 14.2 Å². The number of nitrogens with zero attached hydrogens (tertiary/aromatic N) is 1. The van der Waals surface area contributed by atoms with Crippen molar-refractivity contribution >= 4 is 26.6 Å². The summed E-state index contributed by atoms with van der Waals surface area (Å²) in [6.45, 7) is 4.50. The monoisotopic (exact) mass is 365 g/mol. The van der Waals surface area contributed by atoms with Crippen molar-refractivity contribution in [2.75, 3.05) is 13.2 Å². The Morgan fingerprint density at radius 3 is 2.85 bits per heavy atom. The molecular formula is C12H16BrNO5S. The average Bonchev–Trinajstić information content (AvgIpc) is 2.65. The summed E-state index contributed by atoms with van der Waals surface area (Å²) >= 11 is 3.23. The van der Waals surface area contributed by atoms with Crippen molar-refractivity contribution < 1.29 is 22.6 Å². The molecule has 112 valence electrons. The van der Waals surface area contributed by atoms with Gasteiger partial charge < -0.3 is 14.2 Å². The Hall–Kier alpha value is -0.700. The molecule has 8 heteroatoms. The smallest absolute Gasteiger partial charge is 0.163 e. The van der Waals surface area contributed by atoms with E-state index in [2.05, 4.69) is 20.9 Å². The highest BCUT2D eigenvalue weighted by Crippen LogP contribution is 2.24. The van der Waals surface area contributed by atoms with Crippen molar-refractivity contribution in [1.29, 1.82) is 0 Å². The normalized spacial score (nSPS) is 21.3. The summed E-state index contributed by atoms with van der Waals surface area (Å²) in [5.74, 6) is -0.146. The quantitative estimate of drug-likeness (QED) is 0.629. The highest BCUT2D eigenvalue weighted by molar-refractivity contribution is 9.10. The van der Waals surface area contributed by atoms with Crippen LogP contribution in [0.3, 0.4) is 0 Å². The van der Waals surface area contributed by atoms with Crippen LogP contribution in [0.5, 0.6) is 5.75 Å². The summed E-state index contributed by atoms with van der Waals surface area (Å²) < 4.78 is 38.7. The predicted molar refractivity (Wildman–Crippen MR) is 76.4 cm³/mol. The molecule has 20 heavy (non-hydrogen) atoms. The Labute approximate surface area is 127 Å². The number of thiol groups is 1. The molecule has 0 saturated carbocycles. The fourth-order valence-corrected chi connectivity index (χ4v) is 2.74. The molecule has 0 aromatic carbocycles. The predicted octanol–water partition coefficient (Wildman–Crippen LogP) is 1.49. The van der Waals surface area contributed by atoms with Crippen molar-refractivity contribution in [2.24, 2.45) is 0 Å². The summed E-state index contributed by atoms with van der Waals surface area (Å²) in [6, 6.07) is 3.29. The lowest BCUT2D eigenvalue weighted by molar-refractivity contribution is -0.141. The van der Waals surface area contributed by atoms with E-state index in [9.17, 15) is 8.42 Å². The van der Waals surface area contributed by atoms with Gasteiger partial charge in [-0.05, 0) is 29.8 Å². The van der Waals surface area contributed by atoms with Gasteiger partial charge in [0, 0.05) is 12.1 Å². The SMILES string of the molecule is CC1(C)OCC(COc2cc(Br)nc(C[SH](=O)=O)c2)O1. The maximum absolute atomic E-state index is 10.7. The molecule has 1 atom stereocenters. The molecule has 2 heterocycles. The van der Waals surface area contributed by atoms with Crippen LogP contribution in [0.25, 0.3) is 0 Å². The number of pyridine rings is 1. The van der Waals surface area contributed by atoms with Crippen LogP contribution < -0.4 is 4.74 Å². The van der Waals surface area contributed by atoms with E-state index in [1.165, 1.54) is 0 Å². The molecule has 0 spiro atoms. The lowest BCUT2D eigenvalue weighted by Gasteiger charge is -2.17. The van der Waals surface area contributed by atoms with Gasteiger partial charge in [0.15, 0.2) is 5.79 Å².